The van der Waals surface area contributed by atoms with Crippen molar-refractivity contribution in [2.45, 2.75) is 13.0 Å². The molecule has 1 heterocycles. The average Bonchev–Trinajstić information content (AvgIpc) is 2.71. The van der Waals surface area contributed by atoms with Gasteiger partial charge in [0.05, 0.1) is 0 Å². The molecule has 0 bridgehead atoms. The Hall–Kier alpha value is -1.12. The molecule has 0 saturated heterocycles. The Morgan fingerprint density at radius 1 is 1.21 bits per heavy atom. The molecule has 14 heavy (non-hydrogen) atoms. The van der Waals surface area contributed by atoms with E-state index in [1.165, 1.54) is 16.0 Å². The van der Waals surface area contributed by atoms with E-state index in [1.807, 2.05) is 6.92 Å². The summed E-state index contributed by atoms with van der Waals surface area (Å²) in [7, 11) is 0. The van der Waals surface area contributed by atoms with Crippen molar-refractivity contribution >= 4 is 11.3 Å². The normalized spacial score (nSPS) is 12.7. The Morgan fingerprint density at radius 3 is 2.71 bits per heavy atom. The predicted molar refractivity (Wildman–Crippen MR) is 62.4 cm³/mol. The molecule has 0 fully saturated rings. The number of thiophene rings is 1. The minimum Gasteiger partial charge on any atom is -0.324 e. The van der Waals surface area contributed by atoms with Gasteiger partial charge in [-0.05, 0) is 35.6 Å². The van der Waals surface area contributed by atoms with Crippen molar-refractivity contribution in [2.24, 2.45) is 5.73 Å². The Bertz CT molecular complexity index is 404. The number of rotatable bonds is 2. The lowest BCUT2D eigenvalue weighted by Crippen LogP contribution is -2.04. The Labute approximate surface area is 88.2 Å². The van der Waals surface area contributed by atoms with E-state index in [4.69, 9.17) is 5.73 Å². The van der Waals surface area contributed by atoms with Crippen molar-refractivity contribution in [1.82, 2.24) is 0 Å². The predicted octanol–water partition coefficient (Wildman–Crippen LogP) is 3.43. The zero-order valence-electron chi connectivity index (χ0n) is 8.10. The molecule has 0 aliphatic rings. The van der Waals surface area contributed by atoms with Gasteiger partial charge in [0, 0.05) is 10.9 Å². The SMILES string of the molecule is CC(N)c1cccc(-c2cccs2)c1. The molecule has 1 aromatic carbocycles. The smallest absolute Gasteiger partial charge is 0.0342 e. The molecule has 0 spiro atoms. The summed E-state index contributed by atoms with van der Waals surface area (Å²) in [5.41, 5.74) is 8.29. The van der Waals surface area contributed by atoms with Crippen molar-refractivity contribution in [3.63, 3.8) is 0 Å². The third-order valence-electron chi connectivity index (χ3n) is 2.22. The molecule has 72 valence electrons. The van der Waals surface area contributed by atoms with Crippen LogP contribution in [0.15, 0.2) is 41.8 Å². The second-order valence-electron chi connectivity index (χ2n) is 3.39. The highest BCUT2D eigenvalue weighted by molar-refractivity contribution is 7.13. The number of hydrogen-bond donors (Lipinski definition) is 1. The van der Waals surface area contributed by atoms with E-state index >= 15 is 0 Å². The lowest BCUT2D eigenvalue weighted by molar-refractivity contribution is 0.819. The van der Waals surface area contributed by atoms with Gasteiger partial charge in [0.2, 0.25) is 0 Å². The van der Waals surface area contributed by atoms with Crippen molar-refractivity contribution in [2.75, 3.05) is 0 Å². The first-order valence-electron chi connectivity index (χ1n) is 4.67. The topological polar surface area (TPSA) is 26.0 Å². The fourth-order valence-electron chi connectivity index (χ4n) is 1.42. The highest BCUT2D eigenvalue weighted by Crippen LogP contribution is 2.26. The highest BCUT2D eigenvalue weighted by atomic mass is 32.1. The van der Waals surface area contributed by atoms with Gasteiger partial charge in [-0.1, -0.05) is 24.3 Å². The maximum Gasteiger partial charge on any atom is 0.0342 e. The summed E-state index contributed by atoms with van der Waals surface area (Å²) in [6, 6.07) is 12.7. The Morgan fingerprint density at radius 2 is 2.07 bits per heavy atom. The van der Waals surface area contributed by atoms with E-state index in [0.29, 0.717) is 0 Å². The summed E-state index contributed by atoms with van der Waals surface area (Å²) >= 11 is 1.76. The van der Waals surface area contributed by atoms with Gasteiger partial charge in [-0.2, -0.15) is 0 Å². The number of benzene rings is 1. The van der Waals surface area contributed by atoms with E-state index < -0.39 is 0 Å². The molecule has 0 radical (unpaired) electrons. The molecule has 2 N–H and O–H groups in total. The standard InChI is InChI=1S/C12H13NS/c1-9(13)10-4-2-5-11(8-10)12-6-3-7-14-12/h2-9H,13H2,1H3. The fourth-order valence-corrected chi connectivity index (χ4v) is 2.14. The zero-order valence-corrected chi connectivity index (χ0v) is 8.92. The molecular weight excluding hydrogens is 190 g/mol. The lowest BCUT2D eigenvalue weighted by atomic mass is 10.1. The molecule has 0 aliphatic carbocycles. The van der Waals surface area contributed by atoms with Gasteiger partial charge in [0.1, 0.15) is 0 Å². The first-order chi connectivity index (χ1) is 6.77. The third-order valence-corrected chi connectivity index (χ3v) is 3.14. The molecule has 1 aromatic heterocycles. The van der Waals surface area contributed by atoms with Gasteiger partial charge in [-0.15, -0.1) is 11.3 Å². The maximum absolute atomic E-state index is 5.84. The van der Waals surface area contributed by atoms with Gasteiger partial charge >= 0.3 is 0 Å². The molecule has 0 saturated carbocycles. The second-order valence-corrected chi connectivity index (χ2v) is 4.34. The van der Waals surface area contributed by atoms with Crippen molar-refractivity contribution in [3.05, 3.63) is 47.3 Å². The highest BCUT2D eigenvalue weighted by Gasteiger charge is 2.02. The second kappa shape index (κ2) is 3.95. The summed E-state index contributed by atoms with van der Waals surface area (Å²) in [5.74, 6) is 0. The Kier molecular flexibility index (Phi) is 2.66. The van der Waals surface area contributed by atoms with E-state index in [-0.39, 0.29) is 6.04 Å². The largest absolute Gasteiger partial charge is 0.324 e. The summed E-state index contributed by atoms with van der Waals surface area (Å²) < 4.78 is 0. The number of hydrogen-bond acceptors (Lipinski definition) is 2. The molecule has 0 amide bonds. The molecule has 2 heteroatoms. The van der Waals surface area contributed by atoms with Gasteiger partial charge in [-0.3, -0.25) is 0 Å². The molecular formula is C12H13NS. The zero-order chi connectivity index (χ0) is 9.97. The minimum atomic E-state index is 0.106. The van der Waals surface area contributed by atoms with Crippen LogP contribution in [0.4, 0.5) is 0 Å². The first kappa shape index (κ1) is 9.44. The van der Waals surface area contributed by atoms with Crippen LogP contribution in [0.1, 0.15) is 18.5 Å². The molecule has 0 aliphatic heterocycles. The summed E-state index contributed by atoms with van der Waals surface area (Å²) in [6.45, 7) is 2.01. The number of nitrogens with two attached hydrogens (primary N) is 1. The van der Waals surface area contributed by atoms with Gasteiger partial charge in [0.25, 0.3) is 0 Å². The van der Waals surface area contributed by atoms with E-state index in [1.54, 1.807) is 11.3 Å². The maximum atomic E-state index is 5.84. The van der Waals surface area contributed by atoms with Crippen LogP contribution in [-0.4, -0.2) is 0 Å². The first-order valence-corrected chi connectivity index (χ1v) is 5.55. The van der Waals surface area contributed by atoms with Crippen molar-refractivity contribution < 1.29 is 0 Å². The van der Waals surface area contributed by atoms with Crippen molar-refractivity contribution in [3.8, 4) is 10.4 Å². The summed E-state index contributed by atoms with van der Waals surface area (Å²) in [4.78, 5) is 1.30. The summed E-state index contributed by atoms with van der Waals surface area (Å²) in [6.07, 6.45) is 0. The van der Waals surface area contributed by atoms with E-state index in [9.17, 15) is 0 Å². The van der Waals surface area contributed by atoms with E-state index in [2.05, 4.69) is 41.8 Å². The minimum absolute atomic E-state index is 0.106. The van der Waals surface area contributed by atoms with E-state index in [0.717, 1.165) is 0 Å². The van der Waals surface area contributed by atoms with Gasteiger partial charge in [0.15, 0.2) is 0 Å². The van der Waals surface area contributed by atoms with Crippen LogP contribution in [0.5, 0.6) is 0 Å². The van der Waals surface area contributed by atoms with Crippen molar-refractivity contribution in [1.29, 1.82) is 0 Å². The van der Waals surface area contributed by atoms with Crippen LogP contribution >= 0.6 is 11.3 Å². The molecule has 2 rings (SSSR count). The Balaban J connectivity index is 2.41. The molecule has 2 aromatic rings. The quantitative estimate of drug-likeness (QED) is 0.795. The third kappa shape index (κ3) is 1.86. The van der Waals surface area contributed by atoms with Crippen LogP contribution in [0, 0.1) is 0 Å². The molecule has 1 nitrogen and oxygen atoms in total. The monoisotopic (exact) mass is 203 g/mol. The average molecular weight is 203 g/mol. The molecule has 1 atom stereocenters. The van der Waals surface area contributed by atoms with Crippen LogP contribution in [0.25, 0.3) is 10.4 Å². The lowest BCUT2D eigenvalue weighted by Gasteiger charge is -2.06. The van der Waals surface area contributed by atoms with Crippen LogP contribution < -0.4 is 5.73 Å². The van der Waals surface area contributed by atoms with Gasteiger partial charge < -0.3 is 5.73 Å². The van der Waals surface area contributed by atoms with Crippen LogP contribution in [0.2, 0.25) is 0 Å². The summed E-state index contributed by atoms with van der Waals surface area (Å²) in [5, 5.41) is 2.09. The van der Waals surface area contributed by atoms with Crippen LogP contribution in [-0.2, 0) is 0 Å². The van der Waals surface area contributed by atoms with Gasteiger partial charge in [-0.25, -0.2) is 0 Å². The fraction of sp³-hybridized carbons (Fsp3) is 0.167. The molecule has 1 unspecified atom stereocenters. The van der Waals surface area contributed by atoms with Crippen LogP contribution in [0.3, 0.4) is 0 Å².